The normalized spacial score (nSPS) is 10.7. The van der Waals surface area contributed by atoms with Gasteiger partial charge in [-0.3, -0.25) is 9.97 Å². The molecular weight excluding hydrogens is 244 g/mol. The number of nitrogens with zero attached hydrogens (tertiary/aromatic N) is 3. The number of benzene rings is 1. The Kier molecular flexibility index (Phi) is 2.90. The van der Waals surface area contributed by atoms with Crippen molar-refractivity contribution in [2.24, 2.45) is 0 Å². The molecule has 0 amide bonds. The summed E-state index contributed by atoms with van der Waals surface area (Å²) in [5, 5.41) is 6.51. The second kappa shape index (κ2) is 4.70. The minimum absolute atomic E-state index is 0.732. The van der Waals surface area contributed by atoms with Crippen LogP contribution in [0.1, 0.15) is 10.7 Å². The Bertz CT molecular complexity index is 677. The average Bonchev–Trinajstić information content (AvgIpc) is 2.82. The van der Waals surface area contributed by atoms with Crippen LogP contribution in [-0.2, 0) is 6.54 Å². The van der Waals surface area contributed by atoms with Crippen molar-refractivity contribution in [3.8, 4) is 0 Å². The van der Waals surface area contributed by atoms with Crippen molar-refractivity contribution in [2.45, 2.75) is 13.5 Å². The molecule has 0 radical (unpaired) electrons. The molecule has 0 atom stereocenters. The fourth-order valence-corrected chi connectivity index (χ4v) is 2.37. The SMILES string of the molecule is Cc1nc(CNc2ccc3nccnc3c2)cs1. The highest BCUT2D eigenvalue weighted by molar-refractivity contribution is 7.09. The van der Waals surface area contributed by atoms with Gasteiger partial charge in [0.15, 0.2) is 0 Å². The number of thiazole rings is 1. The topological polar surface area (TPSA) is 50.7 Å². The Morgan fingerprint density at radius 1 is 1.17 bits per heavy atom. The third kappa shape index (κ3) is 2.31. The van der Waals surface area contributed by atoms with E-state index >= 15 is 0 Å². The van der Waals surface area contributed by atoms with Gasteiger partial charge in [-0.25, -0.2) is 4.98 Å². The summed E-state index contributed by atoms with van der Waals surface area (Å²) in [5.41, 5.74) is 3.91. The van der Waals surface area contributed by atoms with E-state index in [-0.39, 0.29) is 0 Å². The summed E-state index contributed by atoms with van der Waals surface area (Å²) in [7, 11) is 0. The van der Waals surface area contributed by atoms with E-state index in [0.29, 0.717) is 0 Å². The average molecular weight is 256 g/mol. The highest BCUT2D eigenvalue weighted by Gasteiger charge is 2.00. The lowest BCUT2D eigenvalue weighted by Gasteiger charge is -2.05. The van der Waals surface area contributed by atoms with E-state index in [4.69, 9.17) is 0 Å². The molecule has 1 N–H and O–H groups in total. The molecule has 0 saturated carbocycles. The van der Waals surface area contributed by atoms with Crippen LogP contribution >= 0.6 is 11.3 Å². The van der Waals surface area contributed by atoms with Crippen LogP contribution in [0.4, 0.5) is 5.69 Å². The predicted molar refractivity (Wildman–Crippen MR) is 73.7 cm³/mol. The highest BCUT2D eigenvalue weighted by Crippen LogP contribution is 2.16. The summed E-state index contributed by atoms with van der Waals surface area (Å²) in [5.74, 6) is 0. The van der Waals surface area contributed by atoms with Crippen molar-refractivity contribution in [3.05, 3.63) is 46.7 Å². The van der Waals surface area contributed by atoms with Gasteiger partial charge in [0.05, 0.1) is 28.3 Å². The summed E-state index contributed by atoms with van der Waals surface area (Å²) in [6.45, 7) is 2.75. The van der Waals surface area contributed by atoms with E-state index < -0.39 is 0 Å². The summed E-state index contributed by atoms with van der Waals surface area (Å²) < 4.78 is 0. The lowest BCUT2D eigenvalue weighted by Crippen LogP contribution is -1.99. The van der Waals surface area contributed by atoms with E-state index in [1.54, 1.807) is 23.7 Å². The minimum atomic E-state index is 0.732. The van der Waals surface area contributed by atoms with Crippen LogP contribution < -0.4 is 5.32 Å². The molecule has 0 saturated heterocycles. The highest BCUT2D eigenvalue weighted by atomic mass is 32.1. The second-order valence-electron chi connectivity index (χ2n) is 3.97. The van der Waals surface area contributed by atoms with Crippen molar-refractivity contribution in [1.29, 1.82) is 0 Å². The fraction of sp³-hybridized carbons (Fsp3) is 0.154. The Hall–Kier alpha value is -2.01. The molecule has 90 valence electrons. The van der Waals surface area contributed by atoms with Gasteiger partial charge in [-0.05, 0) is 25.1 Å². The zero-order valence-electron chi connectivity index (χ0n) is 9.92. The summed E-state index contributed by atoms with van der Waals surface area (Å²) >= 11 is 1.67. The van der Waals surface area contributed by atoms with E-state index in [9.17, 15) is 0 Å². The van der Waals surface area contributed by atoms with Gasteiger partial charge < -0.3 is 5.32 Å². The number of hydrogen-bond acceptors (Lipinski definition) is 5. The van der Waals surface area contributed by atoms with Crippen molar-refractivity contribution >= 4 is 28.1 Å². The van der Waals surface area contributed by atoms with Gasteiger partial charge in [-0.1, -0.05) is 0 Å². The largest absolute Gasteiger partial charge is 0.379 e. The molecule has 2 heterocycles. The number of nitrogens with one attached hydrogen (secondary N) is 1. The van der Waals surface area contributed by atoms with Crippen molar-refractivity contribution < 1.29 is 0 Å². The molecule has 0 spiro atoms. The van der Waals surface area contributed by atoms with Crippen molar-refractivity contribution in [1.82, 2.24) is 15.0 Å². The summed E-state index contributed by atoms with van der Waals surface area (Å²) in [6, 6.07) is 5.98. The zero-order valence-corrected chi connectivity index (χ0v) is 10.7. The first-order valence-electron chi connectivity index (χ1n) is 5.67. The van der Waals surface area contributed by atoms with Gasteiger partial charge in [0.1, 0.15) is 0 Å². The van der Waals surface area contributed by atoms with Crippen LogP contribution in [0.5, 0.6) is 0 Å². The van der Waals surface area contributed by atoms with Crippen molar-refractivity contribution in [3.63, 3.8) is 0 Å². The van der Waals surface area contributed by atoms with Gasteiger partial charge in [0.2, 0.25) is 0 Å². The van der Waals surface area contributed by atoms with Crippen LogP contribution in [0.3, 0.4) is 0 Å². The smallest absolute Gasteiger partial charge is 0.0907 e. The van der Waals surface area contributed by atoms with Gasteiger partial charge in [0, 0.05) is 23.5 Å². The predicted octanol–water partition coefficient (Wildman–Crippen LogP) is 3.01. The minimum Gasteiger partial charge on any atom is -0.379 e. The molecule has 0 unspecified atom stereocenters. The maximum atomic E-state index is 4.42. The molecular formula is C13H12N4S. The lowest BCUT2D eigenvalue weighted by molar-refractivity contribution is 1.05. The summed E-state index contributed by atoms with van der Waals surface area (Å²) in [6.07, 6.45) is 3.41. The molecule has 0 fully saturated rings. The van der Waals surface area contributed by atoms with Crippen LogP contribution in [0.25, 0.3) is 11.0 Å². The molecule has 18 heavy (non-hydrogen) atoms. The number of hydrogen-bond donors (Lipinski definition) is 1. The number of aryl methyl sites for hydroxylation is 1. The Morgan fingerprint density at radius 3 is 2.78 bits per heavy atom. The first-order chi connectivity index (χ1) is 8.81. The number of fused-ring (bicyclic) bond motifs is 1. The molecule has 0 aliphatic heterocycles. The van der Waals surface area contributed by atoms with Gasteiger partial charge in [0.25, 0.3) is 0 Å². The summed E-state index contributed by atoms with van der Waals surface area (Å²) in [4.78, 5) is 12.9. The first-order valence-corrected chi connectivity index (χ1v) is 6.55. The maximum absolute atomic E-state index is 4.42. The maximum Gasteiger partial charge on any atom is 0.0907 e. The first kappa shape index (κ1) is 11.1. The third-order valence-corrected chi connectivity index (χ3v) is 3.43. The Balaban J connectivity index is 1.78. The Labute approximate surface area is 109 Å². The van der Waals surface area contributed by atoms with Crippen LogP contribution in [0.2, 0.25) is 0 Å². The fourth-order valence-electron chi connectivity index (χ4n) is 1.76. The molecule has 3 aromatic rings. The van der Waals surface area contributed by atoms with Crippen LogP contribution in [0, 0.1) is 6.92 Å². The molecule has 0 aliphatic carbocycles. The van der Waals surface area contributed by atoms with E-state index in [2.05, 4.69) is 25.6 Å². The zero-order chi connectivity index (χ0) is 12.4. The third-order valence-electron chi connectivity index (χ3n) is 2.61. The van der Waals surface area contributed by atoms with Gasteiger partial charge in [-0.2, -0.15) is 0 Å². The van der Waals surface area contributed by atoms with E-state index in [0.717, 1.165) is 34.0 Å². The molecule has 5 heteroatoms. The molecule has 0 bridgehead atoms. The second-order valence-corrected chi connectivity index (χ2v) is 5.03. The molecule has 2 aromatic heterocycles. The van der Waals surface area contributed by atoms with Crippen LogP contribution in [-0.4, -0.2) is 15.0 Å². The molecule has 3 rings (SSSR count). The van der Waals surface area contributed by atoms with E-state index in [1.165, 1.54) is 0 Å². The number of anilines is 1. The monoisotopic (exact) mass is 256 g/mol. The lowest BCUT2D eigenvalue weighted by atomic mass is 10.2. The standard InChI is InChI=1S/C13H12N4S/c1-9-17-11(8-18-9)7-16-10-2-3-12-13(6-10)15-5-4-14-12/h2-6,8,16H,7H2,1H3. The van der Waals surface area contributed by atoms with Crippen LogP contribution in [0.15, 0.2) is 36.0 Å². The number of rotatable bonds is 3. The van der Waals surface area contributed by atoms with Crippen molar-refractivity contribution in [2.75, 3.05) is 5.32 Å². The molecule has 4 nitrogen and oxygen atoms in total. The van der Waals surface area contributed by atoms with E-state index in [1.807, 2.05) is 25.1 Å². The molecule has 1 aromatic carbocycles. The number of aromatic nitrogens is 3. The quantitative estimate of drug-likeness (QED) is 0.782. The molecule has 0 aliphatic rings. The van der Waals surface area contributed by atoms with Gasteiger partial charge >= 0.3 is 0 Å². The Morgan fingerprint density at radius 2 is 2.00 bits per heavy atom. The van der Waals surface area contributed by atoms with Gasteiger partial charge in [-0.15, -0.1) is 11.3 Å².